The van der Waals surface area contributed by atoms with E-state index in [1.807, 2.05) is 6.07 Å². The topological polar surface area (TPSA) is 32.7 Å². The lowest BCUT2D eigenvalue weighted by atomic mass is 10.0. The van der Waals surface area contributed by atoms with Crippen LogP contribution in [0.4, 0.5) is 5.69 Å². The lowest BCUT2D eigenvalue weighted by Gasteiger charge is -2.39. The van der Waals surface area contributed by atoms with Crippen LogP contribution in [0.1, 0.15) is 30.5 Å². The number of ether oxygens (including phenoxy) is 1. The average Bonchev–Trinajstić information content (AvgIpc) is 2.44. The molecule has 3 heteroatoms. The summed E-state index contributed by atoms with van der Waals surface area (Å²) in [7, 11) is 0. The maximum Gasteiger partial charge on any atom is 0.146 e. The number of hydrogen-bond donors (Lipinski definition) is 1. The Hall–Kier alpha value is -2.16. The van der Waals surface area contributed by atoms with Crippen LogP contribution in [0, 0.1) is 13.8 Å². The Kier molecular flexibility index (Phi) is 4.20. The number of aryl methyl sites for hydroxylation is 2. The van der Waals surface area contributed by atoms with Crippen LogP contribution in [0.2, 0.25) is 0 Å². The first-order valence-electron chi connectivity index (χ1n) is 8.26. The van der Waals surface area contributed by atoms with Gasteiger partial charge in [0.2, 0.25) is 0 Å². The van der Waals surface area contributed by atoms with Crippen molar-refractivity contribution < 1.29 is 9.84 Å². The third-order valence-electron chi connectivity index (χ3n) is 4.31. The van der Waals surface area contributed by atoms with Gasteiger partial charge < -0.3 is 14.7 Å². The molecule has 0 saturated heterocycles. The number of fused-ring (bicyclic) bond motifs is 1. The molecule has 2 aromatic rings. The van der Waals surface area contributed by atoms with E-state index in [2.05, 4.69) is 50.8 Å². The highest BCUT2D eigenvalue weighted by Gasteiger charge is 2.27. The number of hydrogen-bond acceptors (Lipinski definition) is 3. The molecular weight excluding hydrogens is 286 g/mol. The second-order valence-electron chi connectivity index (χ2n) is 6.84. The van der Waals surface area contributed by atoms with E-state index in [4.69, 9.17) is 4.74 Å². The van der Waals surface area contributed by atoms with Gasteiger partial charge in [0.25, 0.3) is 0 Å². The highest BCUT2D eigenvalue weighted by atomic mass is 16.5. The smallest absolute Gasteiger partial charge is 0.146 e. The molecule has 0 amide bonds. The van der Waals surface area contributed by atoms with Gasteiger partial charge in [0.15, 0.2) is 0 Å². The van der Waals surface area contributed by atoms with Crippen molar-refractivity contribution in [1.82, 2.24) is 0 Å². The highest BCUT2D eigenvalue weighted by molar-refractivity contribution is 5.63. The largest absolute Gasteiger partial charge is 0.508 e. The van der Waals surface area contributed by atoms with Crippen LogP contribution < -0.4 is 9.64 Å². The molecule has 23 heavy (non-hydrogen) atoms. The Morgan fingerprint density at radius 1 is 1.13 bits per heavy atom. The Bertz CT molecular complexity index is 689. The summed E-state index contributed by atoms with van der Waals surface area (Å²) >= 11 is 0. The average molecular weight is 311 g/mol. The van der Waals surface area contributed by atoms with Gasteiger partial charge in [-0.1, -0.05) is 29.3 Å². The van der Waals surface area contributed by atoms with Crippen molar-refractivity contribution in [3.63, 3.8) is 0 Å². The molecule has 1 atom stereocenters. The monoisotopic (exact) mass is 311 g/mol. The molecule has 1 aliphatic rings. The fourth-order valence-corrected chi connectivity index (χ4v) is 3.41. The predicted octanol–water partition coefficient (Wildman–Crippen LogP) is 4.23. The third-order valence-corrected chi connectivity index (χ3v) is 4.31. The van der Waals surface area contributed by atoms with E-state index in [1.54, 1.807) is 12.1 Å². The Labute approximate surface area is 138 Å². The van der Waals surface area contributed by atoms with Crippen LogP contribution in [-0.4, -0.2) is 23.8 Å². The van der Waals surface area contributed by atoms with Gasteiger partial charge in [-0.2, -0.15) is 0 Å². The molecule has 122 valence electrons. The van der Waals surface area contributed by atoms with Gasteiger partial charge in [0.05, 0.1) is 12.2 Å². The summed E-state index contributed by atoms with van der Waals surface area (Å²) in [6.07, 6.45) is 0.966. The maximum absolute atomic E-state index is 9.76. The zero-order chi connectivity index (χ0) is 16.6. The predicted molar refractivity (Wildman–Crippen MR) is 94.6 cm³/mol. The lowest BCUT2D eigenvalue weighted by molar-refractivity contribution is 0.190. The third kappa shape index (κ3) is 3.44. The van der Waals surface area contributed by atoms with Crippen LogP contribution in [-0.2, 0) is 6.42 Å². The minimum absolute atomic E-state index is 0.0906. The van der Waals surface area contributed by atoms with Gasteiger partial charge in [-0.3, -0.25) is 0 Å². The van der Waals surface area contributed by atoms with Crippen LogP contribution in [0.15, 0.2) is 36.4 Å². The second-order valence-corrected chi connectivity index (χ2v) is 6.84. The highest BCUT2D eigenvalue weighted by Crippen LogP contribution is 2.37. The van der Waals surface area contributed by atoms with Crippen molar-refractivity contribution in [2.24, 2.45) is 0 Å². The van der Waals surface area contributed by atoms with E-state index in [1.165, 1.54) is 16.7 Å². The fraction of sp³-hybridized carbons (Fsp3) is 0.400. The molecule has 2 aromatic carbocycles. The van der Waals surface area contributed by atoms with E-state index in [0.29, 0.717) is 6.04 Å². The maximum atomic E-state index is 9.76. The van der Waals surface area contributed by atoms with Crippen LogP contribution in [0.25, 0.3) is 0 Å². The van der Waals surface area contributed by atoms with E-state index in [0.717, 1.165) is 24.4 Å². The molecule has 0 aliphatic carbocycles. The van der Waals surface area contributed by atoms with Crippen molar-refractivity contribution in [3.8, 4) is 11.5 Å². The number of rotatable bonds is 3. The summed E-state index contributed by atoms with van der Waals surface area (Å²) in [5, 5.41) is 9.76. The molecule has 1 N–H and O–H groups in total. The first kappa shape index (κ1) is 15.7. The van der Waals surface area contributed by atoms with Crippen LogP contribution in [0.5, 0.6) is 11.5 Å². The standard InChI is InChI=1S/C20H25NO2/c1-13(2)21-12-18(10-16-8-14(3)7-15(4)9-16)23-20-11-17(22)5-6-19(20)21/h5-9,11,13,18,22H,10,12H2,1-4H3. The van der Waals surface area contributed by atoms with Crippen molar-refractivity contribution in [3.05, 3.63) is 53.1 Å². The van der Waals surface area contributed by atoms with Gasteiger partial charge in [0, 0.05) is 18.5 Å². The quantitative estimate of drug-likeness (QED) is 0.921. The minimum Gasteiger partial charge on any atom is -0.508 e. The van der Waals surface area contributed by atoms with Crippen molar-refractivity contribution in [2.75, 3.05) is 11.4 Å². The molecule has 0 spiro atoms. The molecule has 1 aliphatic heterocycles. The molecule has 3 nitrogen and oxygen atoms in total. The number of nitrogens with zero attached hydrogens (tertiary/aromatic N) is 1. The Balaban J connectivity index is 1.87. The van der Waals surface area contributed by atoms with Gasteiger partial charge in [-0.15, -0.1) is 0 Å². The molecule has 1 heterocycles. The number of phenolic OH excluding ortho intramolecular Hbond substituents is 1. The number of aromatic hydroxyl groups is 1. The molecule has 0 bridgehead atoms. The summed E-state index contributed by atoms with van der Waals surface area (Å²) < 4.78 is 6.18. The Morgan fingerprint density at radius 2 is 1.83 bits per heavy atom. The molecule has 0 saturated carbocycles. The first-order valence-corrected chi connectivity index (χ1v) is 8.26. The van der Waals surface area contributed by atoms with E-state index in [-0.39, 0.29) is 11.9 Å². The van der Waals surface area contributed by atoms with Gasteiger partial charge in [-0.05, 0) is 45.4 Å². The molecule has 3 rings (SSSR count). The first-order chi connectivity index (χ1) is 10.9. The lowest BCUT2D eigenvalue weighted by Crippen LogP contribution is -2.44. The normalized spacial score (nSPS) is 17.1. The van der Waals surface area contributed by atoms with Crippen LogP contribution in [0.3, 0.4) is 0 Å². The van der Waals surface area contributed by atoms with E-state index in [9.17, 15) is 5.11 Å². The summed E-state index contributed by atoms with van der Waals surface area (Å²) in [6.45, 7) is 9.51. The molecule has 0 aromatic heterocycles. The van der Waals surface area contributed by atoms with Gasteiger partial charge in [0.1, 0.15) is 17.6 Å². The number of benzene rings is 2. The van der Waals surface area contributed by atoms with E-state index >= 15 is 0 Å². The van der Waals surface area contributed by atoms with Crippen molar-refractivity contribution in [2.45, 2.75) is 46.3 Å². The molecular formula is C20H25NO2. The summed E-state index contributed by atoms with van der Waals surface area (Å²) in [4.78, 5) is 2.35. The zero-order valence-corrected chi connectivity index (χ0v) is 14.3. The van der Waals surface area contributed by atoms with Crippen molar-refractivity contribution in [1.29, 1.82) is 0 Å². The summed E-state index contributed by atoms with van der Waals surface area (Å²) in [6, 6.07) is 12.4. The molecule has 0 fully saturated rings. The SMILES string of the molecule is Cc1cc(C)cc(CC2CN(C(C)C)c3ccc(O)cc3O2)c1. The minimum atomic E-state index is 0.0906. The van der Waals surface area contributed by atoms with Crippen molar-refractivity contribution >= 4 is 5.69 Å². The number of phenols is 1. The zero-order valence-electron chi connectivity index (χ0n) is 14.3. The summed E-state index contributed by atoms with van der Waals surface area (Å²) in [5.74, 6) is 1.03. The summed E-state index contributed by atoms with van der Waals surface area (Å²) in [5.41, 5.74) is 4.94. The molecule has 1 unspecified atom stereocenters. The molecule has 0 radical (unpaired) electrons. The fourth-order valence-electron chi connectivity index (χ4n) is 3.41. The Morgan fingerprint density at radius 3 is 2.48 bits per heavy atom. The van der Waals surface area contributed by atoms with Gasteiger partial charge in [-0.25, -0.2) is 0 Å². The number of anilines is 1. The van der Waals surface area contributed by atoms with Gasteiger partial charge >= 0.3 is 0 Å². The van der Waals surface area contributed by atoms with Crippen LogP contribution >= 0.6 is 0 Å². The second kappa shape index (κ2) is 6.15. The van der Waals surface area contributed by atoms with E-state index < -0.39 is 0 Å².